The minimum atomic E-state index is -0.444. The van der Waals surface area contributed by atoms with Gasteiger partial charge in [0.05, 0.1) is 16.2 Å². The number of allylic oxidation sites excluding steroid dienone is 1. The molecule has 0 spiro atoms. The number of hydrogen-bond acceptors (Lipinski definition) is 5. The molecule has 2 heterocycles. The Morgan fingerprint density at radius 2 is 1.78 bits per heavy atom. The summed E-state index contributed by atoms with van der Waals surface area (Å²) in [5.41, 5.74) is 4.43. The van der Waals surface area contributed by atoms with Crippen molar-refractivity contribution in [1.82, 2.24) is 9.78 Å². The lowest BCUT2D eigenvalue weighted by Crippen LogP contribution is -1.98. The molecule has 32 heavy (non-hydrogen) atoms. The van der Waals surface area contributed by atoms with Crippen LogP contribution in [-0.2, 0) is 0 Å². The average Bonchev–Trinajstić information content (AvgIpc) is 3.36. The summed E-state index contributed by atoms with van der Waals surface area (Å²) in [5, 5.41) is 15.7. The zero-order valence-electron chi connectivity index (χ0n) is 17.1. The number of fused-ring (bicyclic) bond motifs is 1. The van der Waals surface area contributed by atoms with Gasteiger partial charge in [0.1, 0.15) is 11.4 Å². The van der Waals surface area contributed by atoms with Crippen LogP contribution in [0.25, 0.3) is 23.0 Å². The fourth-order valence-corrected chi connectivity index (χ4v) is 3.62. The monoisotopic (exact) mass is 423 g/mol. The van der Waals surface area contributed by atoms with Gasteiger partial charge in [-0.05, 0) is 37.3 Å². The molecule has 0 radical (unpaired) electrons. The Kier molecular flexibility index (Phi) is 4.63. The van der Waals surface area contributed by atoms with Gasteiger partial charge in [-0.25, -0.2) is 4.68 Å². The normalized spacial score (nSPS) is 13.8. The Labute approximate surface area is 183 Å². The summed E-state index contributed by atoms with van der Waals surface area (Å²) in [6.07, 6.45) is 3.47. The number of nitro benzene ring substituents is 1. The smallest absolute Gasteiger partial charge is 0.269 e. The Balaban J connectivity index is 1.59. The molecule has 5 rings (SSSR count). The van der Waals surface area contributed by atoms with Crippen molar-refractivity contribution in [1.29, 1.82) is 0 Å². The fraction of sp³-hybridized carbons (Fsp3) is 0.0400. The minimum absolute atomic E-state index is 0.00420. The molecular formula is C25H17N3O4. The number of carbonyl (C=O) groups excluding carboxylic acids is 1. The first-order valence-corrected chi connectivity index (χ1v) is 9.94. The van der Waals surface area contributed by atoms with Gasteiger partial charge in [-0.3, -0.25) is 14.9 Å². The number of hydrogen-bond donors (Lipinski definition) is 0. The van der Waals surface area contributed by atoms with Crippen molar-refractivity contribution in [2.24, 2.45) is 0 Å². The lowest BCUT2D eigenvalue weighted by molar-refractivity contribution is -0.384. The maximum absolute atomic E-state index is 12.9. The number of nitro groups is 1. The van der Waals surface area contributed by atoms with E-state index in [1.165, 1.54) is 12.1 Å². The molecular weight excluding hydrogens is 406 g/mol. The Morgan fingerprint density at radius 3 is 2.50 bits per heavy atom. The van der Waals surface area contributed by atoms with Gasteiger partial charge < -0.3 is 4.74 Å². The number of nitrogens with zero attached hydrogens (tertiary/aromatic N) is 3. The highest BCUT2D eigenvalue weighted by Crippen LogP contribution is 2.34. The van der Waals surface area contributed by atoms with Crippen LogP contribution in [-0.4, -0.2) is 20.5 Å². The van der Waals surface area contributed by atoms with E-state index in [0.29, 0.717) is 28.3 Å². The van der Waals surface area contributed by atoms with E-state index in [1.54, 1.807) is 35.2 Å². The van der Waals surface area contributed by atoms with Gasteiger partial charge in [0.2, 0.25) is 5.78 Å². The zero-order chi connectivity index (χ0) is 22.2. The molecule has 0 N–H and O–H groups in total. The van der Waals surface area contributed by atoms with Crippen LogP contribution >= 0.6 is 0 Å². The van der Waals surface area contributed by atoms with Crippen LogP contribution in [0.5, 0.6) is 5.75 Å². The van der Waals surface area contributed by atoms with Crippen LogP contribution in [0.1, 0.15) is 21.5 Å². The van der Waals surface area contributed by atoms with Crippen molar-refractivity contribution >= 4 is 17.5 Å². The number of rotatable bonds is 4. The predicted octanol–water partition coefficient (Wildman–Crippen LogP) is 5.37. The predicted molar refractivity (Wildman–Crippen MR) is 120 cm³/mol. The summed E-state index contributed by atoms with van der Waals surface area (Å²) >= 11 is 0. The Morgan fingerprint density at radius 1 is 1.03 bits per heavy atom. The molecule has 156 valence electrons. The largest absolute Gasteiger partial charge is 0.452 e. The SMILES string of the molecule is Cc1ccc2c(c1)C(=O)/C(=C/c1cn(-c3ccc([N+](=O)[O-])cc3)nc1-c1ccccc1)O2. The highest BCUT2D eigenvalue weighted by Gasteiger charge is 2.28. The van der Waals surface area contributed by atoms with E-state index in [4.69, 9.17) is 9.84 Å². The molecule has 0 amide bonds. The van der Waals surface area contributed by atoms with Crippen molar-refractivity contribution in [3.63, 3.8) is 0 Å². The Bertz CT molecular complexity index is 1390. The molecule has 0 aliphatic carbocycles. The van der Waals surface area contributed by atoms with Gasteiger partial charge in [-0.1, -0.05) is 42.0 Å². The standard InChI is InChI=1S/C25H17N3O4/c1-16-7-12-22-21(13-16)25(29)23(32-22)14-18-15-27(19-8-10-20(11-9-19)28(30)31)26-24(18)17-5-3-2-4-6-17/h2-15H,1H3/b23-14-. The molecule has 1 aromatic heterocycles. The van der Waals surface area contributed by atoms with E-state index in [2.05, 4.69) is 0 Å². The number of benzene rings is 3. The van der Waals surface area contributed by atoms with E-state index in [1.807, 2.05) is 49.4 Å². The first kappa shape index (κ1) is 19.4. The number of aromatic nitrogens is 2. The van der Waals surface area contributed by atoms with Crippen LogP contribution in [0.15, 0.2) is 84.8 Å². The van der Waals surface area contributed by atoms with Gasteiger partial charge in [0.25, 0.3) is 5.69 Å². The van der Waals surface area contributed by atoms with Crippen molar-refractivity contribution in [2.75, 3.05) is 0 Å². The zero-order valence-corrected chi connectivity index (χ0v) is 17.1. The maximum Gasteiger partial charge on any atom is 0.269 e. The molecule has 0 saturated heterocycles. The van der Waals surface area contributed by atoms with E-state index in [0.717, 1.165) is 11.1 Å². The van der Waals surface area contributed by atoms with Gasteiger partial charge in [0, 0.05) is 29.5 Å². The van der Waals surface area contributed by atoms with Crippen LogP contribution in [0, 0.1) is 17.0 Å². The molecule has 0 saturated carbocycles. The van der Waals surface area contributed by atoms with Crippen LogP contribution < -0.4 is 4.74 Å². The summed E-state index contributed by atoms with van der Waals surface area (Å²) in [6, 6.07) is 21.2. The van der Waals surface area contributed by atoms with Crippen molar-refractivity contribution in [3.8, 4) is 22.7 Å². The third kappa shape index (κ3) is 3.45. The molecule has 0 fully saturated rings. The molecule has 7 nitrogen and oxygen atoms in total. The lowest BCUT2D eigenvalue weighted by atomic mass is 10.1. The number of ether oxygens (including phenoxy) is 1. The van der Waals surface area contributed by atoms with E-state index >= 15 is 0 Å². The molecule has 1 aliphatic heterocycles. The molecule has 4 aromatic rings. The number of ketones is 1. The number of Topliss-reactive ketones (excluding diaryl/α,β-unsaturated/α-hetero) is 1. The lowest BCUT2D eigenvalue weighted by Gasteiger charge is -2.01. The van der Waals surface area contributed by atoms with Gasteiger partial charge in [-0.15, -0.1) is 0 Å². The van der Waals surface area contributed by atoms with Crippen LogP contribution in [0.2, 0.25) is 0 Å². The van der Waals surface area contributed by atoms with E-state index < -0.39 is 4.92 Å². The van der Waals surface area contributed by atoms with Gasteiger partial charge >= 0.3 is 0 Å². The highest BCUT2D eigenvalue weighted by molar-refractivity contribution is 6.14. The van der Waals surface area contributed by atoms with Crippen molar-refractivity contribution in [2.45, 2.75) is 6.92 Å². The minimum Gasteiger partial charge on any atom is -0.452 e. The maximum atomic E-state index is 12.9. The summed E-state index contributed by atoms with van der Waals surface area (Å²) in [5.74, 6) is 0.590. The number of aryl methyl sites for hydroxylation is 1. The second-order valence-electron chi connectivity index (χ2n) is 7.46. The van der Waals surface area contributed by atoms with Crippen molar-refractivity contribution in [3.05, 3.63) is 112 Å². The van der Waals surface area contributed by atoms with Gasteiger partial charge in [-0.2, -0.15) is 5.10 Å². The Hall–Kier alpha value is -4.52. The summed E-state index contributed by atoms with van der Waals surface area (Å²) < 4.78 is 7.46. The topological polar surface area (TPSA) is 87.3 Å². The number of carbonyl (C=O) groups is 1. The highest BCUT2D eigenvalue weighted by atomic mass is 16.6. The van der Waals surface area contributed by atoms with Crippen molar-refractivity contribution < 1.29 is 14.5 Å². The van der Waals surface area contributed by atoms with E-state index in [-0.39, 0.29) is 17.2 Å². The molecule has 7 heteroatoms. The molecule has 1 aliphatic rings. The molecule has 0 unspecified atom stereocenters. The molecule has 3 aromatic carbocycles. The van der Waals surface area contributed by atoms with Crippen LogP contribution in [0.4, 0.5) is 5.69 Å². The second kappa shape index (κ2) is 7.63. The first-order valence-electron chi connectivity index (χ1n) is 9.94. The summed E-state index contributed by atoms with van der Waals surface area (Å²) in [4.78, 5) is 23.4. The third-order valence-corrected chi connectivity index (χ3v) is 5.22. The molecule has 0 atom stereocenters. The summed E-state index contributed by atoms with van der Waals surface area (Å²) in [7, 11) is 0. The second-order valence-corrected chi connectivity index (χ2v) is 7.46. The van der Waals surface area contributed by atoms with E-state index in [9.17, 15) is 14.9 Å². The average molecular weight is 423 g/mol. The summed E-state index contributed by atoms with van der Waals surface area (Å²) in [6.45, 7) is 1.93. The first-order chi connectivity index (χ1) is 15.5. The third-order valence-electron chi connectivity index (χ3n) is 5.22. The fourth-order valence-electron chi connectivity index (χ4n) is 3.62. The molecule has 0 bridgehead atoms. The van der Waals surface area contributed by atoms with Crippen LogP contribution in [0.3, 0.4) is 0 Å². The number of non-ortho nitro benzene ring substituents is 1. The quantitative estimate of drug-likeness (QED) is 0.250. The van der Waals surface area contributed by atoms with Gasteiger partial charge in [0.15, 0.2) is 5.76 Å².